The number of amides is 8. The largest absolute Gasteiger partial charge is 0.363 e. The number of thioether (sulfide) groups is 2. The van der Waals surface area contributed by atoms with E-state index in [4.69, 9.17) is 0 Å². The summed E-state index contributed by atoms with van der Waals surface area (Å²) in [5.74, 6) is -5.85. The summed E-state index contributed by atoms with van der Waals surface area (Å²) in [4.78, 5) is 105. The van der Waals surface area contributed by atoms with Crippen LogP contribution in [0.3, 0.4) is 0 Å². The third-order valence-corrected chi connectivity index (χ3v) is 18.2. The average Bonchev–Trinajstić information content (AvgIpc) is 0.779. The second-order valence-corrected chi connectivity index (χ2v) is 24.0. The molecule has 0 spiro atoms. The summed E-state index contributed by atoms with van der Waals surface area (Å²) in [7, 11) is 5.19. The summed E-state index contributed by atoms with van der Waals surface area (Å²) in [6.07, 6.45) is 3.24. The summed E-state index contributed by atoms with van der Waals surface area (Å²) in [6, 6.07) is 31.5. The number of aryl methyl sites for hydroxylation is 2. The average molecular weight is 1360 g/mol. The van der Waals surface area contributed by atoms with Gasteiger partial charge in [0.15, 0.2) is 0 Å². The van der Waals surface area contributed by atoms with Gasteiger partial charge in [-0.25, -0.2) is 0 Å². The lowest BCUT2D eigenvalue weighted by Crippen LogP contribution is -2.77. The number of piperazine rings is 4. The van der Waals surface area contributed by atoms with Crippen molar-refractivity contribution >= 4 is 114 Å². The fourth-order valence-corrected chi connectivity index (χ4v) is 12.3. The van der Waals surface area contributed by atoms with Gasteiger partial charge in [0.05, 0.1) is 22.2 Å². The minimum absolute atomic E-state index is 0.0202. The Morgan fingerprint density at radius 3 is 0.930 bits per heavy atom. The fraction of sp³-hybridized carbons (Fsp3) is 0.448. The lowest BCUT2D eigenvalue weighted by Gasteiger charge is -2.52. The highest BCUT2D eigenvalue weighted by atomic mass is 79.9. The van der Waals surface area contributed by atoms with Gasteiger partial charge in [-0.3, -0.25) is 48.2 Å². The van der Waals surface area contributed by atoms with Crippen molar-refractivity contribution < 1.29 is 79.2 Å². The maximum atomic E-state index is 13.5. The van der Waals surface area contributed by atoms with Gasteiger partial charge >= 0.3 is 0 Å². The fourth-order valence-electron chi connectivity index (χ4n) is 9.61. The second-order valence-electron chi connectivity index (χ2n) is 21.1. The number of hydrogen-bond donors (Lipinski definition) is 10. The minimum atomic E-state index is -2.10. The van der Waals surface area contributed by atoms with E-state index < -0.39 is 93.1 Å². The predicted molar refractivity (Wildman–Crippen MR) is 330 cm³/mol. The molecule has 4 aromatic carbocycles. The molecular formula is C58H74Br2N8O16S2. The molecule has 0 aromatic heterocycles. The van der Waals surface area contributed by atoms with Gasteiger partial charge in [-0.15, -0.1) is 0 Å². The maximum absolute atomic E-state index is 13.5. The quantitative estimate of drug-likeness (QED) is 0.0790. The smallest absolute Gasteiger partial charge is 0.283 e. The zero-order chi connectivity index (χ0) is 64.8. The molecule has 4 aliphatic rings. The van der Waals surface area contributed by atoms with Crippen molar-refractivity contribution in [2.24, 2.45) is 0 Å². The van der Waals surface area contributed by atoms with Crippen molar-refractivity contribution in [3.8, 4) is 0 Å². The van der Waals surface area contributed by atoms with Gasteiger partial charge in [-0.2, -0.15) is 23.5 Å². The monoisotopic (exact) mass is 1360 g/mol. The summed E-state index contributed by atoms with van der Waals surface area (Å²) in [5.41, 5.74) is -12.0. The van der Waals surface area contributed by atoms with Crippen LogP contribution < -0.4 is 20.4 Å². The topological polar surface area (TPSA) is 342 Å². The van der Waals surface area contributed by atoms with Gasteiger partial charge in [-0.1, -0.05) is 142 Å². The molecule has 0 radical (unpaired) electrons. The number of carbonyl (C=O) groups excluding carboxylic acids is 8. The van der Waals surface area contributed by atoms with Gasteiger partial charge in [0.2, 0.25) is 45.8 Å². The van der Waals surface area contributed by atoms with E-state index in [1.165, 1.54) is 51.7 Å². The van der Waals surface area contributed by atoms with Crippen LogP contribution in [0.1, 0.15) is 48.9 Å². The number of anilines is 2. The molecule has 8 atom stereocenters. The third-order valence-electron chi connectivity index (χ3n) is 15.3. The molecular weight excluding hydrogens is 1290 g/mol. The normalized spacial score (nSPS) is 29.3. The van der Waals surface area contributed by atoms with E-state index in [1.54, 1.807) is 123 Å². The van der Waals surface area contributed by atoms with Gasteiger partial charge in [-0.05, 0) is 61.8 Å². The molecule has 4 saturated heterocycles. The number of rotatable bonds is 14. The van der Waals surface area contributed by atoms with E-state index >= 15 is 0 Å². The van der Waals surface area contributed by atoms with Crippen LogP contribution in [0.2, 0.25) is 0 Å². The highest BCUT2D eigenvalue weighted by Crippen LogP contribution is 2.41. The van der Waals surface area contributed by atoms with Gasteiger partial charge in [0.1, 0.15) is 0 Å². The molecule has 8 rings (SSSR count). The van der Waals surface area contributed by atoms with Crippen molar-refractivity contribution in [2.75, 3.05) is 72.7 Å². The number of nitrogens with zero attached hydrogens (tertiary/aromatic N) is 6. The van der Waals surface area contributed by atoms with Crippen molar-refractivity contribution in [2.45, 2.75) is 99.2 Å². The zero-order valence-corrected chi connectivity index (χ0v) is 54.0. The molecule has 28 heteroatoms. The number of hydrogen-bond acceptors (Lipinski definition) is 18. The van der Waals surface area contributed by atoms with Gasteiger partial charge < -0.3 is 71.1 Å². The summed E-state index contributed by atoms with van der Waals surface area (Å²) in [5, 5.41) is 88.6. The highest BCUT2D eigenvalue weighted by Gasteiger charge is 2.63. The highest BCUT2D eigenvalue weighted by molar-refractivity contribution is 9.09. The van der Waals surface area contributed by atoms with E-state index in [-0.39, 0.29) is 47.8 Å². The van der Waals surface area contributed by atoms with E-state index in [0.29, 0.717) is 22.5 Å². The molecule has 24 nitrogen and oxygen atoms in total. The Morgan fingerprint density at radius 2 is 0.674 bits per heavy atom. The van der Waals surface area contributed by atoms with Crippen LogP contribution in [0.15, 0.2) is 109 Å². The number of alkyl halides is 2. The molecule has 0 saturated carbocycles. The van der Waals surface area contributed by atoms with Crippen molar-refractivity contribution in [3.63, 3.8) is 0 Å². The van der Waals surface area contributed by atoms with E-state index in [0.717, 1.165) is 40.5 Å². The van der Waals surface area contributed by atoms with Crippen molar-refractivity contribution in [3.05, 3.63) is 131 Å². The molecule has 4 fully saturated rings. The Morgan fingerprint density at radius 1 is 0.407 bits per heavy atom. The first-order valence-corrected chi connectivity index (χ1v) is 31.7. The first kappa shape index (κ1) is 70.7. The first-order chi connectivity index (χ1) is 40.1. The van der Waals surface area contributed by atoms with Crippen LogP contribution in [-0.4, -0.2) is 216 Å². The number of likely N-dealkylation sites (N-methyl/N-ethyl adjacent to an activating group) is 4. The molecule has 0 bridgehead atoms. The molecule has 8 unspecified atom stereocenters. The van der Waals surface area contributed by atoms with Crippen LogP contribution in [0, 0.1) is 13.8 Å². The number of nitrogens with one attached hydrogen (secondary N) is 2. The molecule has 86 heavy (non-hydrogen) atoms. The Labute approximate surface area is 523 Å². The lowest BCUT2D eigenvalue weighted by molar-refractivity contribution is -0.219. The maximum Gasteiger partial charge on any atom is 0.283 e. The Bertz CT molecular complexity index is 2940. The van der Waals surface area contributed by atoms with Crippen LogP contribution >= 0.6 is 55.4 Å². The van der Waals surface area contributed by atoms with E-state index in [2.05, 4.69) is 42.5 Å². The third kappa shape index (κ3) is 13.4. The minimum Gasteiger partial charge on any atom is -0.363 e. The molecule has 4 aliphatic heterocycles. The summed E-state index contributed by atoms with van der Waals surface area (Å²) in [6.45, 7) is 7.08. The first-order valence-electron chi connectivity index (χ1n) is 26.7. The van der Waals surface area contributed by atoms with Gasteiger partial charge in [0, 0.05) is 65.2 Å². The SMILES string of the molecule is CCC1(O)C(=O)N(c2ccc(C)cc2)C(O)(CC)C(=O)N1c1ccc(C)cc1.CN1C(=O)C(O)(CBr)N(C)C(=O)C1(O)CBr.CSCC1(O)C(=O)N(C)C(O)(CSC)C(=O)N1C.O=C1NC(O)(Cc2ccccc2)C(=O)NC1(O)Cc1ccccc1. The number of carbonyl (C=O) groups is 8. The van der Waals surface area contributed by atoms with Crippen molar-refractivity contribution in [1.82, 2.24) is 30.2 Å². The van der Waals surface area contributed by atoms with Crippen molar-refractivity contribution in [1.29, 1.82) is 0 Å². The lowest BCUT2D eigenvalue weighted by atomic mass is 9.92. The molecule has 4 heterocycles. The number of benzene rings is 4. The van der Waals surface area contributed by atoms with Gasteiger partial charge in [0.25, 0.3) is 47.3 Å². The number of halogens is 2. The molecule has 4 aromatic rings. The molecule has 0 aliphatic carbocycles. The number of aliphatic hydroxyl groups is 8. The zero-order valence-electron chi connectivity index (χ0n) is 49.1. The van der Waals surface area contributed by atoms with E-state index in [9.17, 15) is 79.2 Å². The summed E-state index contributed by atoms with van der Waals surface area (Å²) < 4.78 is 0. The Hall–Kier alpha value is -6.02. The molecule has 10 N–H and O–H groups in total. The molecule has 8 amide bonds. The van der Waals surface area contributed by atoms with Crippen LogP contribution in [-0.2, 0) is 51.2 Å². The summed E-state index contributed by atoms with van der Waals surface area (Å²) >= 11 is 8.46. The van der Waals surface area contributed by atoms with Crippen LogP contribution in [0.5, 0.6) is 0 Å². The second kappa shape index (κ2) is 27.6. The standard InChI is InChI=1S/C22H26N2O4.C18H18N2O4.C10H18N2O4S2.C8H12Br2N2O4/c1-5-21(27)19(25)24(18-13-9-16(4)10-14-18)22(28,6-2)20(26)23(21)17-11-7-15(3)8-12-17;21-15-17(23,11-13-7-3-1-4-8-13)19-16(22)18(24,20-15)12-14-9-5-2-6-10-14;1-11-7(13)10(16,6-18-4)12(2)8(14)9(11,15)5-17-3;1-11-5(13)8(16,4-10)12(2)6(14)7(11,15)3-9/h7-14,27-28H,5-6H2,1-4H3;1-10,23-24H,11-12H2,(H,19,22)(H,20,21);15-16H,5-6H2,1-4H3;15-16H,3-4H2,1-2H3. The van der Waals surface area contributed by atoms with Crippen LogP contribution in [0.4, 0.5) is 11.4 Å². The predicted octanol–water partition coefficient (Wildman–Crippen LogP) is 1.08. The van der Waals surface area contributed by atoms with Crippen LogP contribution in [0.25, 0.3) is 0 Å². The Balaban J connectivity index is 0.000000214. The Kier molecular flexibility index (Phi) is 22.7. The van der Waals surface area contributed by atoms with E-state index in [1.807, 2.05) is 26.0 Å². The molecule has 468 valence electrons.